The Morgan fingerprint density at radius 3 is 2.52 bits per heavy atom. The Labute approximate surface area is 194 Å². The van der Waals surface area contributed by atoms with E-state index in [4.69, 9.17) is 4.74 Å². The number of anilines is 1. The molecule has 0 saturated carbocycles. The molecule has 0 spiro atoms. The van der Waals surface area contributed by atoms with E-state index in [1.54, 1.807) is 12.3 Å². The number of aromatic nitrogens is 2. The van der Waals surface area contributed by atoms with Crippen LogP contribution in [0.1, 0.15) is 38.2 Å². The van der Waals surface area contributed by atoms with Gasteiger partial charge in [0.15, 0.2) is 0 Å². The minimum absolute atomic E-state index is 0.106. The van der Waals surface area contributed by atoms with Crippen molar-refractivity contribution in [3.63, 3.8) is 0 Å². The SMILES string of the molecule is CCOC(=O)C1CCN(C(=O)[C@@H]2CCCN(c3cnn(Cc4ccccc4)c(=O)c3)C2)CC1. The number of amides is 1. The Balaban J connectivity index is 1.35. The van der Waals surface area contributed by atoms with Gasteiger partial charge in [-0.3, -0.25) is 14.4 Å². The molecule has 33 heavy (non-hydrogen) atoms. The molecule has 2 aliphatic rings. The standard InChI is InChI=1S/C25H32N4O4/c1-2-33-25(32)20-10-13-27(14-11-20)24(31)21-9-6-12-28(18-21)22-15-23(30)29(26-16-22)17-19-7-4-3-5-8-19/h3-5,7-8,15-16,20-21H,2,6,9-14,17-18H2,1H3/t21-/m1/s1. The molecule has 2 fully saturated rings. The van der Waals surface area contributed by atoms with Gasteiger partial charge in [0, 0.05) is 32.2 Å². The van der Waals surface area contributed by atoms with Crippen LogP contribution in [0.15, 0.2) is 47.4 Å². The predicted octanol–water partition coefficient (Wildman–Crippen LogP) is 2.31. The highest BCUT2D eigenvalue weighted by Gasteiger charge is 2.33. The summed E-state index contributed by atoms with van der Waals surface area (Å²) in [6.45, 7) is 5.21. The maximum atomic E-state index is 13.2. The molecular formula is C25H32N4O4. The molecule has 1 amide bonds. The summed E-state index contributed by atoms with van der Waals surface area (Å²) in [6, 6.07) is 11.4. The number of esters is 1. The van der Waals surface area contributed by atoms with Gasteiger partial charge in [-0.25, -0.2) is 4.68 Å². The maximum Gasteiger partial charge on any atom is 0.309 e. The second kappa shape index (κ2) is 10.6. The molecule has 2 aliphatic heterocycles. The average molecular weight is 453 g/mol. The van der Waals surface area contributed by atoms with E-state index in [9.17, 15) is 14.4 Å². The van der Waals surface area contributed by atoms with Crippen LogP contribution in [0.5, 0.6) is 0 Å². The summed E-state index contributed by atoms with van der Waals surface area (Å²) in [6.07, 6.45) is 4.77. The summed E-state index contributed by atoms with van der Waals surface area (Å²) < 4.78 is 6.58. The first-order chi connectivity index (χ1) is 16.0. The lowest BCUT2D eigenvalue weighted by Gasteiger charge is -2.38. The van der Waals surface area contributed by atoms with Crippen LogP contribution in [-0.2, 0) is 20.9 Å². The third-order valence-corrected chi connectivity index (χ3v) is 6.59. The zero-order valence-electron chi connectivity index (χ0n) is 19.2. The van der Waals surface area contributed by atoms with Crippen molar-refractivity contribution >= 4 is 17.6 Å². The average Bonchev–Trinajstić information content (AvgIpc) is 2.86. The van der Waals surface area contributed by atoms with Crippen LogP contribution in [-0.4, -0.2) is 59.3 Å². The molecule has 0 bridgehead atoms. The van der Waals surface area contributed by atoms with Crippen molar-refractivity contribution in [2.75, 3.05) is 37.7 Å². The van der Waals surface area contributed by atoms with E-state index in [2.05, 4.69) is 10.00 Å². The van der Waals surface area contributed by atoms with Crippen LogP contribution >= 0.6 is 0 Å². The molecule has 1 aromatic carbocycles. The minimum Gasteiger partial charge on any atom is -0.466 e. The molecule has 4 rings (SSSR count). The molecule has 2 aromatic rings. The second-order valence-corrected chi connectivity index (χ2v) is 8.83. The highest BCUT2D eigenvalue weighted by atomic mass is 16.5. The van der Waals surface area contributed by atoms with Gasteiger partial charge in [0.2, 0.25) is 5.91 Å². The maximum absolute atomic E-state index is 13.2. The lowest BCUT2D eigenvalue weighted by atomic mass is 9.92. The van der Waals surface area contributed by atoms with Crippen LogP contribution in [0.3, 0.4) is 0 Å². The van der Waals surface area contributed by atoms with E-state index >= 15 is 0 Å². The van der Waals surface area contributed by atoms with Crippen molar-refractivity contribution in [2.24, 2.45) is 11.8 Å². The number of likely N-dealkylation sites (tertiary alicyclic amines) is 1. The van der Waals surface area contributed by atoms with Gasteiger partial charge >= 0.3 is 5.97 Å². The Morgan fingerprint density at radius 2 is 1.82 bits per heavy atom. The van der Waals surface area contributed by atoms with Crippen LogP contribution in [0, 0.1) is 11.8 Å². The molecule has 3 heterocycles. The Kier molecular flexibility index (Phi) is 7.42. The van der Waals surface area contributed by atoms with Gasteiger partial charge in [0.05, 0.1) is 36.9 Å². The lowest BCUT2D eigenvalue weighted by Crippen LogP contribution is -2.48. The molecule has 2 saturated heterocycles. The summed E-state index contributed by atoms with van der Waals surface area (Å²) >= 11 is 0. The minimum atomic E-state index is -0.150. The second-order valence-electron chi connectivity index (χ2n) is 8.83. The molecule has 0 aliphatic carbocycles. The number of rotatable bonds is 6. The number of ether oxygens (including phenoxy) is 1. The van der Waals surface area contributed by atoms with E-state index in [1.165, 1.54) is 4.68 Å². The summed E-state index contributed by atoms with van der Waals surface area (Å²) in [4.78, 5) is 41.8. The van der Waals surface area contributed by atoms with E-state index in [0.29, 0.717) is 45.6 Å². The predicted molar refractivity (Wildman–Crippen MR) is 125 cm³/mol. The quantitative estimate of drug-likeness (QED) is 0.626. The smallest absolute Gasteiger partial charge is 0.309 e. The summed E-state index contributed by atoms with van der Waals surface area (Å²) in [5, 5.41) is 4.37. The van der Waals surface area contributed by atoms with Crippen molar-refractivity contribution < 1.29 is 14.3 Å². The van der Waals surface area contributed by atoms with Crippen LogP contribution in [0.25, 0.3) is 0 Å². The first kappa shape index (κ1) is 23.0. The number of carbonyl (C=O) groups excluding carboxylic acids is 2. The number of hydrogen-bond acceptors (Lipinski definition) is 6. The highest BCUT2D eigenvalue weighted by Crippen LogP contribution is 2.26. The molecule has 0 unspecified atom stereocenters. The van der Waals surface area contributed by atoms with Crippen LogP contribution in [0.4, 0.5) is 5.69 Å². The molecule has 8 nitrogen and oxygen atoms in total. The van der Waals surface area contributed by atoms with Crippen molar-refractivity contribution in [1.82, 2.24) is 14.7 Å². The molecule has 176 valence electrons. The fraction of sp³-hybridized carbons (Fsp3) is 0.520. The fourth-order valence-electron chi connectivity index (χ4n) is 4.74. The molecule has 0 N–H and O–H groups in total. The van der Waals surface area contributed by atoms with Crippen molar-refractivity contribution in [3.8, 4) is 0 Å². The topological polar surface area (TPSA) is 84.7 Å². The Morgan fingerprint density at radius 1 is 1.06 bits per heavy atom. The van der Waals surface area contributed by atoms with Gasteiger partial charge in [-0.1, -0.05) is 30.3 Å². The number of benzene rings is 1. The van der Waals surface area contributed by atoms with E-state index in [0.717, 1.165) is 30.6 Å². The third kappa shape index (κ3) is 5.61. The van der Waals surface area contributed by atoms with Crippen molar-refractivity contribution in [3.05, 3.63) is 58.5 Å². The number of hydrogen-bond donors (Lipinski definition) is 0. The van der Waals surface area contributed by atoms with Crippen molar-refractivity contribution in [1.29, 1.82) is 0 Å². The summed E-state index contributed by atoms with van der Waals surface area (Å²) in [5.41, 5.74) is 1.64. The number of piperidine rings is 2. The van der Waals surface area contributed by atoms with Gasteiger partial charge in [-0.05, 0) is 38.2 Å². The van der Waals surface area contributed by atoms with E-state index < -0.39 is 0 Å². The first-order valence-corrected chi connectivity index (χ1v) is 11.9. The van der Waals surface area contributed by atoms with Gasteiger partial charge in [-0.2, -0.15) is 5.10 Å². The van der Waals surface area contributed by atoms with E-state index in [-0.39, 0.29) is 29.3 Å². The zero-order chi connectivity index (χ0) is 23.2. The molecule has 1 atom stereocenters. The van der Waals surface area contributed by atoms with Gasteiger partial charge in [0.1, 0.15) is 0 Å². The molecular weight excluding hydrogens is 420 g/mol. The summed E-state index contributed by atoms with van der Waals surface area (Å²) in [7, 11) is 0. The zero-order valence-corrected chi connectivity index (χ0v) is 19.2. The normalized spacial score (nSPS) is 19.4. The fourth-order valence-corrected chi connectivity index (χ4v) is 4.74. The number of nitrogens with zero attached hydrogens (tertiary/aromatic N) is 4. The summed E-state index contributed by atoms with van der Waals surface area (Å²) in [5.74, 6) is -0.217. The van der Waals surface area contributed by atoms with Crippen LogP contribution < -0.4 is 10.5 Å². The first-order valence-electron chi connectivity index (χ1n) is 11.9. The molecule has 1 aromatic heterocycles. The van der Waals surface area contributed by atoms with Gasteiger partial charge in [0.25, 0.3) is 5.56 Å². The van der Waals surface area contributed by atoms with Crippen LogP contribution in [0.2, 0.25) is 0 Å². The van der Waals surface area contributed by atoms with Gasteiger partial charge < -0.3 is 14.5 Å². The Bertz CT molecular complexity index is 1010. The number of carbonyl (C=O) groups is 2. The van der Waals surface area contributed by atoms with Gasteiger partial charge in [-0.15, -0.1) is 0 Å². The monoisotopic (exact) mass is 452 g/mol. The van der Waals surface area contributed by atoms with E-state index in [1.807, 2.05) is 42.2 Å². The molecule has 8 heteroatoms. The Hall–Kier alpha value is -3.16. The molecule has 0 radical (unpaired) electrons. The highest BCUT2D eigenvalue weighted by molar-refractivity contribution is 5.80. The van der Waals surface area contributed by atoms with Crippen molar-refractivity contribution in [2.45, 2.75) is 39.2 Å². The largest absolute Gasteiger partial charge is 0.466 e. The third-order valence-electron chi connectivity index (χ3n) is 6.59. The lowest BCUT2D eigenvalue weighted by molar-refractivity contribution is -0.151.